The molecule has 1 aliphatic heterocycles. The van der Waals surface area contributed by atoms with Crippen LogP contribution in [0.4, 0.5) is 4.39 Å². The van der Waals surface area contributed by atoms with E-state index in [9.17, 15) is 4.79 Å². The summed E-state index contributed by atoms with van der Waals surface area (Å²) in [4.78, 5) is 13.7. The summed E-state index contributed by atoms with van der Waals surface area (Å²) in [5.74, 6) is 0.142. The molecule has 3 unspecified atom stereocenters. The number of hydrogen-bond donors (Lipinski definition) is 0. The number of alkyl halides is 1. The van der Waals surface area contributed by atoms with Crippen molar-refractivity contribution >= 4 is 11.5 Å². The van der Waals surface area contributed by atoms with E-state index in [2.05, 4.69) is 52.2 Å². The zero-order chi connectivity index (χ0) is 28.7. The molecular weight excluding hydrogens is 489 g/mol. The molecule has 1 aromatic heterocycles. The van der Waals surface area contributed by atoms with Gasteiger partial charge in [-0.2, -0.15) is 5.10 Å². The lowest BCUT2D eigenvalue weighted by molar-refractivity contribution is -0.117. The highest BCUT2D eigenvalue weighted by atomic mass is 19.1. The van der Waals surface area contributed by atoms with Crippen molar-refractivity contribution < 1.29 is 13.9 Å². The molecule has 216 valence electrons. The number of benzene rings is 1. The van der Waals surface area contributed by atoms with Gasteiger partial charge in [0.2, 0.25) is 0 Å². The highest BCUT2D eigenvalue weighted by Gasteiger charge is 2.32. The third-order valence-electron chi connectivity index (χ3n) is 8.11. The predicted octanol–water partition coefficient (Wildman–Crippen LogP) is 7.50. The molecule has 0 bridgehead atoms. The maximum atomic E-state index is 15.2. The molecule has 0 amide bonds. The van der Waals surface area contributed by atoms with Crippen molar-refractivity contribution in [2.75, 3.05) is 13.1 Å². The molecular formula is C33H50FN3O2. The van der Waals surface area contributed by atoms with Gasteiger partial charge in [0.25, 0.3) is 0 Å². The number of Topliss-reactive ketones (excluding diaryl/α,β-unsaturated/α-hetero) is 1. The Labute approximate surface area is 235 Å². The van der Waals surface area contributed by atoms with E-state index in [1.54, 1.807) is 6.92 Å². The Morgan fingerprint density at radius 3 is 2.44 bits per heavy atom. The number of aromatic nitrogens is 2. The third-order valence-corrected chi connectivity index (χ3v) is 8.11. The van der Waals surface area contributed by atoms with Crippen molar-refractivity contribution in [3.05, 3.63) is 58.4 Å². The highest BCUT2D eigenvalue weighted by molar-refractivity contribution is 5.75. The van der Waals surface area contributed by atoms with E-state index in [4.69, 9.17) is 9.84 Å². The molecule has 1 aromatic carbocycles. The van der Waals surface area contributed by atoms with Crippen LogP contribution in [0, 0.1) is 13.8 Å². The summed E-state index contributed by atoms with van der Waals surface area (Å²) in [6.45, 7) is 20.4. The minimum atomic E-state index is -1.12. The van der Waals surface area contributed by atoms with E-state index in [1.165, 1.54) is 16.8 Å². The molecule has 5 nitrogen and oxygen atoms in total. The van der Waals surface area contributed by atoms with Gasteiger partial charge in [-0.3, -0.25) is 9.48 Å². The van der Waals surface area contributed by atoms with Crippen LogP contribution < -0.4 is 0 Å². The summed E-state index contributed by atoms with van der Waals surface area (Å²) >= 11 is 0. The molecule has 1 aliphatic carbocycles. The lowest BCUT2D eigenvalue weighted by Crippen LogP contribution is -2.44. The quantitative estimate of drug-likeness (QED) is 0.314. The van der Waals surface area contributed by atoms with Gasteiger partial charge in [0.05, 0.1) is 24.4 Å². The Hall–Kier alpha value is -2.47. The molecule has 39 heavy (non-hydrogen) atoms. The Kier molecular flexibility index (Phi) is 10.9. The maximum absolute atomic E-state index is 15.2. The molecule has 0 spiro atoms. The van der Waals surface area contributed by atoms with Crippen LogP contribution in [-0.2, 0) is 34.6 Å². The second kappa shape index (κ2) is 13.7. The SMILES string of the molecule is C=C(c1nn(CC(C)=O)c2c1CCC2)N1CC(C)OC(C)C1.CCCCC(F)(CCC)c1cccc(C)c1C. The smallest absolute Gasteiger partial charge is 0.151 e. The number of rotatable bonds is 10. The first kappa shape index (κ1) is 31.1. The van der Waals surface area contributed by atoms with E-state index in [0.717, 1.165) is 74.1 Å². The predicted molar refractivity (Wildman–Crippen MR) is 159 cm³/mol. The first-order valence-electron chi connectivity index (χ1n) is 14.9. The van der Waals surface area contributed by atoms with E-state index in [0.29, 0.717) is 19.4 Å². The average Bonchev–Trinajstić information content (AvgIpc) is 3.48. The van der Waals surface area contributed by atoms with E-state index >= 15 is 4.39 Å². The summed E-state index contributed by atoms with van der Waals surface area (Å²) in [5, 5.41) is 4.71. The van der Waals surface area contributed by atoms with Crippen LogP contribution in [0.5, 0.6) is 0 Å². The number of ether oxygens (including phenoxy) is 1. The van der Waals surface area contributed by atoms with Crippen molar-refractivity contribution in [3.63, 3.8) is 0 Å². The molecule has 4 rings (SSSR count). The number of halogens is 1. The molecule has 0 N–H and O–H groups in total. The molecule has 6 heteroatoms. The Morgan fingerprint density at radius 2 is 1.82 bits per heavy atom. The summed E-state index contributed by atoms with van der Waals surface area (Å²) in [7, 11) is 0. The molecule has 2 aromatic rings. The fourth-order valence-electron chi connectivity index (χ4n) is 6.11. The van der Waals surface area contributed by atoms with Crippen molar-refractivity contribution in [3.8, 4) is 0 Å². The summed E-state index contributed by atoms with van der Waals surface area (Å²) in [5.41, 5.74) is 6.57. The first-order valence-corrected chi connectivity index (χ1v) is 14.9. The summed E-state index contributed by atoms with van der Waals surface area (Å²) in [6.07, 6.45) is 7.80. The molecule has 1 fully saturated rings. The average molecular weight is 540 g/mol. The van der Waals surface area contributed by atoms with Crippen LogP contribution in [-0.4, -0.2) is 45.8 Å². The molecule has 1 saturated heterocycles. The number of nitrogens with zero attached hydrogens (tertiary/aromatic N) is 3. The van der Waals surface area contributed by atoms with Gasteiger partial charge in [-0.15, -0.1) is 0 Å². The number of morpholine rings is 1. The Morgan fingerprint density at radius 1 is 1.13 bits per heavy atom. The largest absolute Gasteiger partial charge is 0.372 e. The minimum Gasteiger partial charge on any atom is -0.372 e. The monoisotopic (exact) mass is 539 g/mol. The fraction of sp³-hybridized carbons (Fsp3) is 0.636. The second-order valence-electron chi connectivity index (χ2n) is 11.7. The van der Waals surface area contributed by atoms with Gasteiger partial charge in [0, 0.05) is 24.3 Å². The molecule has 2 aliphatic rings. The van der Waals surface area contributed by atoms with Gasteiger partial charge in [-0.05, 0) is 83.4 Å². The number of carbonyl (C=O) groups excluding carboxylic acids is 1. The molecule has 2 heterocycles. The standard InChI is InChI=1S/C17H25N3O2.C16H25F/c1-11(21)8-20-16-7-5-6-15(16)17(18-20)14(4)19-9-12(2)22-13(3)10-19;1-5-7-12-16(17,11-6-2)15-10-8-9-13(3)14(15)4/h12-13H,4-10H2,1-3H3;8-10H,5-7,11-12H2,1-4H3. The molecule has 3 atom stereocenters. The van der Waals surface area contributed by atoms with Gasteiger partial charge in [0.1, 0.15) is 11.4 Å². The number of unbranched alkanes of at least 4 members (excludes halogenated alkanes) is 1. The van der Waals surface area contributed by atoms with E-state index < -0.39 is 5.67 Å². The molecule has 0 saturated carbocycles. The van der Waals surface area contributed by atoms with E-state index in [1.807, 2.05) is 23.7 Å². The van der Waals surface area contributed by atoms with Crippen molar-refractivity contribution in [1.29, 1.82) is 0 Å². The number of carbonyl (C=O) groups is 1. The minimum absolute atomic E-state index is 0.142. The number of ketones is 1. The van der Waals surface area contributed by atoms with Crippen LogP contribution in [0.15, 0.2) is 24.8 Å². The Balaban J connectivity index is 0.000000224. The summed E-state index contributed by atoms with van der Waals surface area (Å²) < 4.78 is 22.8. The van der Waals surface area contributed by atoms with Crippen LogP contribution in [0.25, 0.3) is 5.70 Å². The van der Waals surface area contributed by atoms with Crippen LogP contribution >= 0.6 is 0 Å². The van der Waals surface area contributed by atoms with Gasteiger partial charge in [0.15, 0.2) is 5.78 Å². The summed E-state index contributed by atoms with van der Waals surface area (Å²) in [6, 6.07) is 6.01. The lowest BCUT2D eigenvalue weighted by atomic mass is 9.83. The van der Waals surface area contributed by atoms with Gasteiger partial charge in [-0.25, -0.2) is 4.39 Å². The number of aryl methyl sites for hydroxylation is 1. The molecule has 0 radical (unpaired) electrons. The van der Waals surface area contributed by atoms with Crippen LogP contribution in [0.1, 0.15) is 107 Å². The van der Waals surface area contributed by atoms with Gasteiger partial charge < -0.3 is 9.64 Å². The normalized spacial score (nSPS) is 20.2. The maximum Gasteiger partial charge on any atom is 0.151 e. The third kappa shape index (κ3) is 7.59. The second-order valence-corrected chi connectivity index (χ2v) is 11.7. The van der Waals surface area contributed by atoms with Crippen molar-refractivity contribution in [2.45, 2.75) is 124 Å². The first-order chi connectivity index (χ1) is 18.5. The van der Waals surface area contributed by atoms with Crippen molar-refractivity contribution in [2.24, 2.45) is 0 Å². The topological polar surface area (TPSA) is 47.4 Å². The number of fused-ring (bicyclic) bond motifs is 1. The zero-order valence-electron chi connectivity index (χ0n) is 25.4. The highest BCUT2D eigenvalue weighted by Crippen LogP contribution is 2.39. The fourth-order valence-corrected chi connectivity index (χ4v) is 6.11. The van der Waals surface area contributed by atoms with Crippen LogP contribution in [0.2, 0.25) is 0 Å². The van der Waals surface area contributed by atoms with E-state index in [-0.39, 0.29) is 18.0 Å². The van der Waals surface area contributed by atoms with Crippen LogP contribution in [0.3, 0.4) is 0 Å². The van der Waals surface area contributed by atoms with Crippen molar-refractivity contribution in [1.82, 2.24) is 14.7 Å². The lowest BCUT2D eigenvalue weighted by Gasteiger charge is -2.37. The Bertz CT molecular complexity index is 1130. The number of hydrogen-bond acceptors (Lipinski definition) is 4. The zero-order valence-corrected chi connectivity index (χ0v) is 25.4. The van der Waals surface area contributed by atoms with Gasteiger partial charge >= 0.3 is 0 Å². The van der Waals surface area contributed by atoms with Gasteiger partial charge in [-0.1, -0.05) is 57.9 Å².